The summed E-state index contributed by atoms with van der Waals surface area (Å²) in [5.41, 5.74) is 0.133. The maximum absolute atomic E-state index is 11.8. The Morgan fingerprint density at radius 3 is 2.95 bits per heavy atom. The average Bonchev–Trinajstić information content (AvgIpc) is 2.90. The number of H-pyrrole nitrogens is 1. The van der Waals surface area contributed by atoms with Gasteiger partial charge in [0.25, 0.3) is 5.91 Å². The highest BCUT2D eigenvalue weighted by atomic mass is 35.5. The highest BCUT2D eigenvalue weighted by Gasteiger charge is 2.12. The molecule has 0 aliphatic carbocycles. The third-order valence-electron chi connectivity index (χ3n) is 2.37. The molecule has 1 amide bonds. The van der Waals surface area contributed by atoms with E-state index in [1.165, 1.54) is 12.4 Å². The molecule has 0 saturated carbocycles. The average molecular weight is 300 g/mol. The van der Waals surface area contributed by atoms with Crippen molar-refractivity contribution in [2.24, 2.45) is 0 Å². The normalized spacial score (nSPS) is 10.4. The van der Waals surface area contributed by atoms with E-state index in [0.717, 1.165) is 12.2 Å². The van der Waals surface area contributed by atoms with Gasteiger partial charge in [-0.2, -0.15) is 5.10 Å². The maximum atomic E-state index is 11.8. The topological polar surface area (TPSA) is 83.6 Å². The van der Waals surface area contributed by atoms with Gasteiger partial charge in [-0.1, -0.05) is 23.2 Å². The Bertz CT molecular complexity index is 558. The predicted octanol–water partition coefficient (Wildman–Crippen LogP) is 1.87. The summed E-state index contributed by atoms with van der Waals surface area (Å²) in [5.74, 6) is 0.443. The summed E-state index contributed by atoms with van der Waals surface area (Å²) in [4.78, 5) is 19.7. The van der Waals surface area contributed by atoms with Crippen LogP contribution < -0.4 is 5.32 Å². The lowest BCUT2D eigenvalue weighted by molar-refractivity contribution is 0.0948. The second-order valence-corrected chi connectivity index (χ2v) is 4.55. The van der Waals surface area contributed by atoms with Gasteiger partial charge in [-0.15, -0.1) is 0 Å². The first-order valence-electron chi connectivity index (χ1n) is 5.61. The summed E-state index contributed by atoms with van der Waals surface area (Å²) in [5, 5.41) is 9.72. The first kappa shape index (κ1) is 13.8. The molecule has 0 atom stereocenters. The molecule has 0 fully saturated rings. The highest BCUT2D eigenvalue weighted by molar-refractivity contribution is 6.34. The molecule has 0 bridgehead atoms. The quantitative estimate of drug-likeness (QED) is 0.652. The number of pyridine rings is 1. The van der Waals surface area contributed by atoms with Crippen molar-refractivity contribution in [1.82, 2.24) is 25.5 Å². The second-order valence-electron chi connectivity index (χ2n) is 3.76. The SMILES string of the molecule is O=C(NCCCc1ncn[nH]1)c1nc(Cl)ccc1Cl. The lowest BCUT2D eigenvalue weighted by Crippen LogP contribution is -2.26. The fourth-order valence-corrected chi connectivity index (χ4v) is 1.81. The monoisotopic (exact) mass is 299 g/mol. The molecule has 8 heteroatoms. The van der Waals surface area contributed by atoms with Gasteiger partial charge in [0.2, 0.25) is 0 Å². The number of hydrogen-bond donors (Lipinski definition) is 2. The van der Waals surface area contributed by atoms with E-state index in [1.807, 2.05) is 0 Å². The second kappa shape index (κ2) is 6.49. The van der Waals surface area contributed by atoms with Crippen molar-refractivity contribution in [3.8, 4) is 0 Å². The summed E-state index contributed by atoms with van der Waals surface area (Å²) in [6, 6.07) is 3.07. The van der Waals surface area contributed by atoms with Gasteiger partial charge in [-0.25, -0.2) is 9.97 Å². The molecule has 100 valence electrons. The van der Waals surface area contributed by atoms with Crippen molar-refractivity contribution in [2.75, 3.05) is 6.54 Å². The number of halogens is 2. The standard InChI is InChI=1S/C11H11Cl2N5O/c12-7-3-4-8(13)17-10(7)11(19)14-5-1-2-9-15-6-16-18-9/h3-4,6H,1-2,5H2,(H,14,19)(H,15,16,18). The number of nitrogens with one attached hydrogen (secondary N) is 2. The molecule has 0 spiro atoms. The molecule has 2 heterocycles. The zero-order valence-electron chi connectivity index (χ0n) is 9.86. The number of nitrogens with zero attached hydrogens (tertiary/aromatic N) is 3. The molecule has 0 aliphatic rings. The van der Waals surface area contributed by atoms with Gasteiger partial charge in [0, 0.05) is 13.0 Å². The van der Waals surface area contributed by atoms with Gasteiger partial charge >= 0.3 is 0 Å². The van der Waals surface area contributed by atoms with Crippen LogP contribution in [0.25, 0.3) is 0 Å². The molecule has 2 aromatic heterocycles. The van der Waals surface area contributed by atoms with Crippen LogP contribution in [-0.2, 0) is 6.42 Å². The molecule has 6 nitrogen and oxygen atoms in total. The minimum atomic E-state index is -0.343. The fourth-order valence-electron chi connectivity index (χ4n) is 1.47. The molecule has 2 N–H and O–H groups in total. The highest BCUT2D eigenvalue weighted by Crippen LogP contribution is 2.16. The van der Waals surface area contributed by atoms with E-state index >= 15 is 0 Å². The van der Waals surface area contributed by atoms with Crippen molar-refractivity contribution in [3.63, 3.8) is 0 Å². The van der Waals surface area contributed by atoms with Crippen LogP contribution in [0.1, 0.15) is 22.7 Å². The van der Waals surface area contributed by atoms with Gasteiger partial charge in [-0.3, -0.25) is 9.89 Å². The molecule has 0 radical (unpaired) electrons. The number of aryl methyl sites for hydroxylation is 1. The van der Waals surface area contributed by atoms with Gasteiger partial charge in [0.05, 0.1) is 5.02 Å². The molecule has 0 unspecified atom stereocenters. The van der Waals surface area contributed by atoms with Crippen LogP contribution >= 0.6 is 23.2 Å². The molecule has 2 rings (SSSR count). The van der Waals surface area contributed by atoms with Crippen molar-refractivity contribution < 1.29 is 4.79 Å². The van der Waals surface area contributed by atoms with Crippen LogP contribution in [-0.4, -0.2) is 32.6 Å². The summed E-state index contributed by atoms with van der Waals surface area (Å²) in [6.45, 7) is 0.490. The molecule has 2 aromatic rings. The molecule has 0 aromatic carbocycles. The summed E-state index contributed by atoms with van der Waals surface area (Å²) < 4.78 is 0. The van der Waals surface area contributed by atoms with Gasteiger partial charge in [-0.05, 0) is 18.6 Å². The van der Waals surface area contributed by atoms with Crippen molar-refractivity contribution in [2.45, 2.75) is 12.8 Å². The third-order valence-corrected chi connectivity index (χ3v) is 2.88. The van der Waals surface area contributed by atoms with E-state index in [0.29, 0.717) is 13.0 Å². The largest absolute Gasteiger partial charge is 0.351 e. The number of aromatic nitrogens is 4. The maximum Gasteiger partial charge on any atom is 0.271 e. The summed E-state index contributed by atoms with van der Waals surface area (Å²) >= 11 is 11.6. The van der Waals surface area contributed by atoms with Crippen LogP contribution in [0.15, 0.2) is 18.5 Å². The van der Waals surface area contributed by atoms with Crippen LogP contribution in [0, 0.1) is 0 Å². The lowest BCUT2D eigenvalue weighted by Gasteiger charge is -2.05. The van der Waals surface area contributed by atoms with E-state index in [1.54, 1.807) is 6.07 Å². The number of aromatic amines is 1. The van der Waals surface area contributed by atoms with E-state index in [2.05, 4.69) is 25.5 Å². The zero-order valence-corrected chi connectivity index (χ0v) is 11.4. The minimum Gasteiger partial charge on any atom is -0.351 e. The van der Waals surface area contributed by atoms with Gasteiger partial charge in [0.1, 0.15) is 23.0 Å². The van der Waals surface area contributed by atoms with Crippen molar-refractivity contribution in [1.29, 1.82) is 0 Å². The Kier molecular flexibility index (Phi) is 4.70. The Morgan fingerprint density at radius 1 is 1.37 bits per heavy atom. The smallest absolute Gasteiger partial charge is 0.271 e. The van der Waals surface area contributed by atoms with Crippen molar-refractivity contribution in [3.05, 3.63) is 40.2 Å². The first-order valence-corrected chi connectivity index (χ1v) is 6.37. The molecule has 0 saturated heterocycles. The third kappa shape index (κ3) is 3.90. The van der Waals surface area contributed by atoms with E-state index < -0.39 is 0 Å². The molecule has 19 heavy (non-hydrogen) atoms. The Balaban J connectivity index is 1.82. The summed E-state index contributed by atoms with van der Waals surface area (Å²) in [6.07, 6.45) is 2.89. The van der Waals surface area contributed by atoms with Gasteiger partial charge in [0.15, 0.2) is 0 Å². The van der Waals surface area contributed by atoms with E-state index in [9.17, 15) is 4.79 Å². The van der Waals surface area contributed by atoms with Crippen LogP contribution in [0.4, 0.5) is 0 Å². The van der Waals surface area contributed by atoms with Gasteiger partial charge < -0.3 is 5.32 Å². The molecular weight excluding hydrogens is 289 g/mol. The Hall–Kier alpha value is -1.66. The Labute approximate surface area is 119 Å². The zero-order chi connectivity index (χ0) is 13.7. The number of carbonyl (C=O) groups excluding carboxylic acids is 1. The molecule has 0 aliphatic heterocycles. The number of carbonyl (C=O) groups is 1. The Morgan fingerprint density at radius 2 is 2.21 bits per heavy atom. The minimum absolute atomic E-state index is 0.133. The van der Waals surface area contributed by atoms with E-state index in [4.69, 9.17) is 23.2 Å². The lowest BCUT2D eigenvalue weighted by atomic mass is 10.3. The van der Waals surface area contributed by atoms with Crippen LogP contribution in [0.3, 0.4) is 0 Å². The number of rotatable bonds is 5. The summed E-state index contributed by atoms with van der Waals surface area (Å²) in [7, 11) is 0. The van der Waals surface area contributed by atoms with E-state index in [-0.39, 0.29) is 21.8 Å². The molecular formula is C11H11Cl2N5O. The fraction of sp³-hybridized carbons (Fsp3) is 0.273. The van der Waals surface area contributed by atoms with Crippen LogP contribution in [0.2, 0.25) is 10.2 Å². The number of hydrogen-bond acceptors (Lipinski definition) is 4. The predicted molar refractivity (Wildman–Crippen MR) is 71.3 cm³/mol. The first-order chi connectivity index (χ1) is 9.16. The van der Waals surface area contributed by atoms with Crippen LogP contribution in [0.5, 0.6) is 0 Å². The number of amides is 1. The van der Waals surface area contributed by atoms with Crippen molar-refractivity contribution >= 4 is 29.1 Å².